The first-order valence-corrected chi connectivity index (χ1v) is 13.7. The van der Waals surface area contributed by atoms with Gasteiger partial charge in [0.1, 0.15) is 11.4 Å². The van der Waals surface area contributed by atoms with Gasteiger partial charge < -0.3 is 5.32 Å². The van der Waals surface area contributed by atoms with Crippen LogP contribution in [0.15, 0.2) is 55.0 Å². The number of piperidine rings is 1. The van der Waals surface area contributed by atoms with E-state index in [1.54, 1.807) is 32.0 Å². The van der Waals surface area contributed by atoms with Crippen molar-refractivity contribution in [3.63, 3.8) is 0 Å². The van der Waals surface area contributed by atoms with Crippen LogP contribution in [0, 0.1) is 6.92 Å². The monoisotopic (exact) mass is 505 g/mol. The van der Waals surface area contributed by atoms with Gasteiger partial charge in [0.2, 0.25) is 10.0 Å². The number of aryl methyl sites for hydroxylation is 1. The zero-order valence-electron chi connectivity index (χ0n) is 19.9. The maximum atomic E-state index is 13.2. The molecule has 3 aromatic heterocycles. The Labute approximate surface area is 209 Å². The van der Waals surface area contributed by atoms with E-state index in [0.29, 0.717) is 30.1 Å². The van der Waals surface area contributed by atoms with Crippen LogP contribution in [-0.2, 0) is 10.0 Å². The van der Waals surface area contributed by atoms with Crippen molar-refractivity contribution < 1.29 is 13.2 Å². The lowest BCUT2D eigenvalue weighted by Crippen LogP contribution is -2.40. The van der Waals surface area contributed by atoms with E-state index in [9.17, 15) is 13.2 Å². The number of benzene rings is 1. The van der Waals surface area contributed by atoms with Gasteiger partial charge in [-0.2, -0.15) is 10.2 Å². The Morgan fingerprint density at radius 1 is 1.14 bits per heavy atom. The van der Waals surface area contributed by atoms with E-state index in [0.717, 1.165) is 42.6 Å². The molecule has 1 saturated carbocycles. The van der Waals surface area contributed by atoms with Gasteiger partial charge in [-0.25, -0.2) is 26.9 Å². The molecule has 1 saturated heterocycles. The molecule has 4 aromatic rings. The minimum atomic E-state index is -3.25. The van der Waals surface area contributed by atoms with E-state index in [1.165, 1.54) is 6.20 Å². The average Bonchev–Trinajstić information content (AvgIpc) is 3.54. The number of nitrogens with one attached hydrogen (secondary N) is 1. The number of aromatic nitrogens is 5. The van der Waals surface area contributed by atoms with Gasteiger partial charge in [0.25, 0.3) is 5.91 Å². The lowest BCUT2D eigenvalue weighted by Gasteiger charge is -2.31. The Hall–Kier alpha value is -3.57. The molecule has 1 N–H and O–H groups in total. The number of carbonyl (C=O) groups excluding carboxylic acids is 1. The number of fused-ring (bicyclic) bond motifs is 1. The van der Waals surface area contributed by atoms with Gasteiger partial charge in [0.15, 0.2) is 5.65 Å². The minimum Gasteiger partial charge on any atom is -0.306 e. The molecule has 36 heavy (non-hydrogen) atoms. The predicted molar refractivity (Wildman–Crippen MR) is 135 cm³/mol. The summed E-state index contributed by atoms with van der Waals surface area (Å²) < 4.78 is 30.6. The molecule has 1 amide bonds. The number of amides is 1. The van der Waals surface area contributed by atoms with E-state index in [4.69, 9.17) is 5.10 Å². The number of rotatable bonds is 6. The van der Waals surface area contributed by atoms with Crippen LogP contribution in [0.1, 0.15) is 53.2 Å². The third-order valence-electron chi connectivity index (χ3n) is 6.88. The summed E-state index contributed by atoms with van der Waals surface area (Å²) in [6.45, 7) is 2.98. The Balaban J connectivity index is 1.33. The Morgan fingerprint density at radius 3 is 2.72 bits per heavy atom. The maximum absolute atomic E-state index is 13.2. The van der Waals surface area contributed by atoms with Crippen LogP contribution < -0.4 is 5.32 Å². The molecule has 6 rings (SSSR count). The molecular weight excluding hydrogens is 478 g/mol. The van der Waals surface area contributed by atoms with E-state index in [-0.39, 0.29) is 17.1 Å². The lowest BCUT2D eigenvalue weighted by molar-refractivity contribution is 0.102. The summed E-state index contributed by atoms with van der Waals surface area (Å²) in [5.74, 6) is 0.120. The van der Waals surface area contributed by atoms with Crippen LogP contribution in [0.2, 0.25) is 0 Å². The van der Waals surface area contributed by atoms with Gasteiger partial charge in [0, 0.05) is 37.5 Å². The van der Waals surface area contributed by atoms with Gasteiger partial charge in [-0.15, -0.1) is 0 Å². The van der Waals surface area contributed by atoms with E-state index < -0.39 is 10.0 Å². The van der Waals surface area contributed by atoms with Crippen molar-refractivity contribution in [2.75, 3.05) is 18.4 Å². The molecule has 1 aromatic carbocycles. The molecule has 2 aliphatic rings. The van der Waals surface area contributed by atoms with Gasteiger partial charge in [-0.3, -0.25) is 4.79 Å². The Kier molecular flexibility index (Phi) is 5.60. The molecule has 11 heteroatoms. The molecule has 1 aliphatic carbocycles. The fraction of sp³-hybridized carbons (Fsp3) is 0.360. The zero-order chi connectivity index (χ0) is 24.9. The molecule has 1 atom stereocenters. The smallest absolute Gasteiger partial charge is 0.262 e. The highest BCUT2D eigenvalue weighted by molar-refractivity contribution is 7.90. The lowest BCUT2D eigenvalue weighted by atomic mass is 9.96. The predicted octanol–water partition coefficient (Wildman–Crippen LogP) is 3.15. The number of carbonyl (C=O) groups is 1. The maximum Gasteiger partial charge on any atom is 0.262 e. The summed E-state index contributed by atoms with van der Waals surface area (Å²) in [5, 5.41) is 11.8. The second kappa shape index (κ2) is 8.82. The van der Waals surface area contributed by atoms with Crippen molar-refractivity contribution in [1.29, 1.82) is 0 Å². The number of hydrogen-bond acceptors (Lipinski definition) is 6. The summed E-state index contributed by atoms with van der Waals surface area (Å²) in [6.07, 6.45) is 7.97. The average molecular weight is 506 g/mol. The third kappa shape index (κ3) is 4.18. The molecule has 1 aliphatic heterocycles. The van der Waals surface area contributed by atoms with Crippen molar-refractivity contribution in [2.24, 2.45) is 0 Å². The van der Waals surface area contributed by atoms with Gasteiger partial charge in [-0.05, 0) is 50.8 Å². The first-order chi connectivity index (χ1) is 17.4. The minimum absolute atomic E-state index is 0.0479. The second-order valence-electron chi connectivity index (χ2n) is 9.54. The van der Waals surface area contributed by atoms with Crippen molar-refractivity contribution in [3.8, 4) is 5.69 Å². The largest absolute Gasteiger partial charge is 0.306 e. The molecule has 186 valence electrons. The van der Waals surface area contributed by atoms with Gasteiger partial charge >= 0.3 is 0 Å². The van der Waals surface area contributed by atoms with Gasteiger partial charge in [0.05, 0.1) is 22.8 Å². The van der Waals surface area contributed by atoms with Crippen LogP contribution >= 0.6 is 0 Å². The molecule has 0 spiro atoms. The van der Waals surface area contributed by atoms with Crippen LogP contribution in [0.3, 0.4) is 0 Å². The van der Waals surface area contributed by atoms with Crippen LogP contribution in [0.25, 0.3) is 11.3 Å². The summed E-state index contributed by atoms with van der Waals surface area (Å²) in [7, 11) is -3.25. The fourth-order valence-corrected chi connectivity index (χ4v) is 6.66. The summed E-state index contributed by atoms with van der Waals surface area (Å²) in [4.78, 5) is 17.5. The number of nitrogens with zero attached hydrogens (tertiary/aromatic N) is 6. The highest BCUT2D eigenvalue weighted by Crippen LogP contribution is 2.36. The standard InChI is InChI=1S/C25H27N7O3S/c1-17-5-7-19(8-6-17)32-23(28-25(33)21-15-27-31-13-3-11-26-24(21)31)14-22(29-32)18-4-2-12-30(16-18)36(34,35)20-9-10-20/h3,5-8,11,13-15,18,20H,2,4,9-10,12,16H2,1H3,(H,28,33). The van der Waals surface area contributed by atoms with Crippen molar-refractivity contribution in [2.45, 2.75) is 43.8 Å². The number of sulfonamides is 1. The van der Waals surface area contributed by atoms with Crippen molar-refractivity contribution in [3.05, 3.63) is 71.8 Å². The Bertz CT molecular complexity index is 1540. The molecule has 0 radical (unpaired) electrons. The summed E-state index contributed by atoms with van der Waals surface area (Å²) in [6, 6.07) is 11.5. The van der Waals surface area contributed by atoms with E-state index in [1.807, 2.05) is 37.3 Å². The van der Waals surface area contributed by atoms with Crippen molar-refractivity contribution >= 4 is 27.4 Å². The highest BCUT2D eigenvalue weighted by atomic mass is 32.2. The highest BCUT2D eigenvalue weighted by Gasteiger charge is 2.42. The van der Waals surface area contributed by atoms with Crippen LogP contribution in [0.5, 0.6) is 0 Å². The molecular formula is C25H27N7O3S. The quantitative estimate of drug-likeness (QED) is 0.431. The SMILES string of the molecule is Cc1ccc(-n2nc(C3CCCN(S(=O)(=O)C4CC4)C3)cc2NC(=O)c2cnn3cccnc23)cc1. The second-order valence-corrected chi connectivity index (χ2v) is 11.8. The molecule has 4 heterocycles. The number of hydrogen-bond donors (Lipinski definition) is 1. The first-order valence-electron chi connectivity index (χ1n) is 12.2. The van der Waals surface area contributed by atoms with E-state index >= 15 is 0 Å². The summed E-state index contributed by atoms with van der Waals surface area (Å²) >= 11 is 0. The van der Waals surface area contributed by atoms with Crippen LogP contribution in [-0.4, -0.2) is 61.3 Å². The number of anilines is 1. The topological polar surface area (TPSA) is 114 Å². The van der Waals surface area contributed by atoms with Crippen molar-refractivity contribution in [1.82, 2.24) is 28.7 Å². The fourth-order valence-electron chi connectivity index (χ4n) is 4.73. The molecule has 0 bridgehead atoms. The first kappa shape index (κ1) is 22.9. The molecule has 10 nitrogen and oxygen atoms in total. The summed E-state index contributed by atoms with van der Waals surface area (Å²) in [5.41, 5.74) is 3.50. The van der Waals surface area contributed by atoms with Crippen LogP contribution in [0.4, 0.5) is 5.82 Å². The third-order valence-corrected chi connectivity index (χ3v) is 9.25. The van der Waals surface area contributed by atoms with E-state index in [2.05, 4.69) is 15.4 Å². The Morgan fingerprint density at radius 2 is 1.94 bits per heavy atom. The van der Waals surface area contributed by atoms with Gasteiger partial charge in [-0.1, -0.05) is 17.7 Å². The molecule has 2 fully saturated rings. The zero-order valence-corrected chi connectivity index (χ0v) is 20.7. The normalized spacial score (nSPS) is 19.0. The molecule has 1 unspecified atom stereocenters.